The van der Waals surface area contributed by atoms with Gasteiger partial charge in [-0.3, -0.25) is 4.79 Å². The van der Waals surface area contributed by atoms with Crippen molar-refractivity contribution in [1.29, 1.82) is 5.26 Å². The average Bonchev–Trinajstić information content (AvgIpc) is 3.09. The zero-order valence-corrected chi connectivity index (χ0v) is 19.6. The van der Waals surface area contributed by atoms with E-state index in [-0.39, 0.29) is 16.6 Å². The number of carbonyl (C=O) groups is 1. The van der Waals surface area contributed by atoms with Gasteiger partial charge in [0.15, 0.2) is 0 Å². The second-order valence-electron chi connectivity index (χ2n) is 7.12. The number of rotatable bonds is 8. The molecule has 0 fully saturated rings. The molecule has 3 rings (SSSR count). The molecule has 0 spiro atoms. The summed E-state index contributed by atoms with van der Waals surface area (Å²) in [6.07, 6.45) is 0. The lowest BCUT2D eigenvalue weighted by Gasteiger charge is -2.12. The summed E-state index contributed by atoms with van der Waals surface area (Å²) in [5.41, 5.74) is 3.12. The Balaban J connectivity index is 1.68. The number of hydrogen-bond donors (Lipinski definition) is 1. The minimum Gasteiger partial charge on any atom is -0.325 e. The second-order valence-corrected chi connectivity index (χ2v) is 10.3. The summed E-state index contributed by atoms with van der Waals surface area (Å²) < 4.78 is 27.4. The van der Waals surface area contributed by atoms with Crippen LogP contribution in [0.25, 0.3) is 5.69 Å². The first-order chi connectivity index (χ1) is 15.2. The molecule has 166 valence electrons. The van der Waals surface area contributed by atoms with Gasteiger partial charge in [0.1, 0.15) is 6.07 Å². The van der Waals surface area contributed by atoms with E-state index in [4.69, 9.17) is 0 Å². The van der Waals surface area contributed by atoms with E-state index in [2.05, 4.69) is 16.5 Å². The molecule has 8 nitrogen and oxygen atoms in total. The quantitative estimate of drug-likeness (QED) is 0.543. The zero-order chi connectivity index (χ0) is 23.3. The van der Waals surface area contributed by atoms with Crippen LogP contribution in [0.15, 0.2) is 59.5 Å². The lowest BCUT2D eigenvalue weighted by molar-refractivity contribution is -0.113. The largest absolute Gasteiger partial charge is 0.325 e. The van der Waals surface area contributed by atoms with Gasteiger partial charge in [0.25, 0.3) is 0 Å². The van der Waals surface area contributed by atoms with Gasteiger partial charge in [0, 0.05) is 25.5 Å². The van der Waals surface area contributed by atoms with E-state index in [1.54, 1.807) is 23.7 Å². The topological polar surface area (TPSA) is 108 Å². The number of hydrogen-bond acceptors (Lipinski definition) is 6. The molecule has 1 heterocycles. The summed E-state index contributed by atoms with van der Waals surface area (Å²) in [4.78, 5) is 12.5. The molecule has 2 aromatic carbocycles. The predicted octanol–water partition coefficient (Wildman–Crippen LogP) is 3.17. The number of benzene rings is 2. The SMILES string of the molecule is Cc1nn(-c2ccccc2)c(CSCC(=O)Nc2cccc(S(=O)(=O)N(C)C)c2)c1C#N. The zero-order valence-electron chi connectivity index (χ0n) is 17.9. The highest BCUT2D eigenvalue weighted by molar-refractivity contribution is 7.99. The fourth-order valence-electron chi connectivity index (χ4n) is 3.02. The van der Waals surface area contributed by atoms with Gasteiger partial charge >= 0.3 is 0 Å². The van der Waals surface area contributed by atoms with Crippen molar-refractivity contribution in [2.75, 3.05) is 25.2 Å². The summed E-state index contributed by atoms with van der Waals surface area (Å²) in [7, 11) is -0.682. The third-order valence-corrected chi connectivity index (χ3v) is 7.39. The third-order valence-electron chi connectivity index (χ3n) is 4.64. The molecule has 0 atom stereocenters. The summed E-state index contributed by atoms with van der Waals surface area (Å²) >= 11 is 1.35. The molecule has 0 unspecified atom stereocenters. The summed E-state index contributed by atoms with van der Waals surface area (Å²) in [6, 6.07) is 17.8. The number of anilines is 1. The number of carbonyl (C=O) groups excluding carboxylic acids is 1. The van der Waals surface area contributed by atoms with Crippen LogP contribution in [0.2, 0.25) is 0 Å². The van der Waals surface area contributed by atoms with Crippen LogP contribution in [-0.4, -0.2) is 48.3 Å². The normalized spacial score (nSPS) is 11.3. The Morgan fingerprint density at radius 1 is 1.19 bits per heavy atom. The molecule has 3 aromatic rings. The molecule has 0 aliphatic rings. The van der Waals surface area contributed by atoms with Crippen molar-refractivity contribution in [3.05, 3.63) is 71.5 Å². The highest BCUT2D eigenvalue weighted by Gasteiger charge is 2.19. The Bertz CT molecular complexity index is 1260. The Morgan fingerprint density at radius 3 is 2.56 bits per heavy atom. The van der Waals surface area contributed by atoms with Crippen LogP contribution in [0.5, 0.6) is 0 Å². The van der Waals surface area contributed by atoms with Crippen molar-refractivity contribution >= 4 is 33.4 Å². The van der Waals surface area contributed by atoms with Gasteiger partial charge in [-0.05, 0) is 37.3 Å². The molecular weight excluding hydrogens is 446 g/mol. The van der Waals surface area contributed by atoms with Gasteiger partial charge in [0.2, 0.25) is 15.9 Å². The van der Waals surface area contributed by atoms with Gasteiger partial charge in [-0.25, -0.2) is 17.4 Å². The molecule has 1 aromatic heterocycles. The maximum atomic E-state index is 12.4. The van der Waals surface area contributed by atoms with Gasteiger partial charge in [-0.15, -0.1) is 11.8 Å². The van der Waals surface area contributed by atoms with Gasteiger partial charge < -0.3 is 5.32 Å². The summed E-state index contributed by atoms with van der Waals surface area (Å²) in [6.45, 7) is 1.79. The number of aromatic nitrogens is 2. The van der Waals surface area contributed by atoms with E-state index in [0.717, 1.165) is 15.7 Å². The van der Waals surface area contributed by atoms with Gasteiger partial charge in [0.05, 0.1) is 33.3 Å². The molecule has 0 aliphatic carbocycles. The smallest absolute Gasteiger partial charge is 0.242 e. The second kappa shape index (κ2) is 9.99. The summed E-state index contributed by atoms with van der Waals surface area (Å²) in [5, 5.41) is 16.8. The van der Waals surface area contributed by atoms with Crippen molar-refractivity contribution in [1.82, 2.24) is 14.1 Å². The third kappa shape index (κ3) is 5.19. The number of sulfonamides is 1. The maximum absolute atomic E-state index is 12.4. The number of thioether (sulfide) groups is 1. The van der Waals surface area contributed by atoms with E-state index in [9.17, 15) is 18.5 Å². The molecule has 32 heavy (non-hydrogen) atoms. The first kappa shape index (κ1) is 23.5. The van der Waals surface area contributed by atoms with E-state index in [1.165, 1.54) is 38.0 Å². The van der Waals surface area contributed by atoms with Crippen LogP contribution in [0.1, 0.15) is 17.0 Å². The van der Waals surface area contributed by atoms with Crippen LogP contribution >= 0.6 is 11.8 Å². The highest BCUT2D eigenvalue weighted by atomic mass is 32.2. The number of para-hydroxylation sites is 1. The average molecular weight is 470 g/mol. The molecule has 0 bridgehead atoms. The van der Waals surface area contributed by atoms with Gasteiger partial charge in [-0.1, -0.05) is 24.3 Å². The Hall–Kier alpha value is -3.13. The molecule has 10 heteroatoms. The van der Waals surface area contributed by atoms with Crippen molar-refractivity contribution < 1.29 is 13.2 Å². The maximum Gasteiger partial charge on any atom is 0.242 e. The molecule has 0 aliphatic heterocycles. The lowest BCUT2D eigenvalue weighted by Crippen LogP contribution is -2.22. The number of nitrogens with one attached hydrogen (secondary N) is 1. The number of amides is 1. The van der Waals surface area contributed by atoms with E-state index < -0.39 is 10.0 Å². The fourth-order valence-corrected chi connectivity index (χ4v) is 4.79. The van der Waals surface area contributed by atoms with E-state index in [1.807, 2.05) is 30.3 Å². The molecule has 0 saturated heterocycles. The summed E-state index contributed by atoms with van der Waals surface area (Å²) in [5.74, 6) is 0.283. The monoisotopic (exact) mass is 469 g/mol. The van der Waals surface area contributed by atoms with E-state index in [0.29, 0.717) is 22.7 Å². The van der Waals surface area contributed by atoms with Gasteiger partial charge in [-0.2, -0.15) is 10.4 Å². The number of nitriles is 1. The van der Waals surface area contributed by atoms with Crippen molar-refractivity contribution in [3.63, 3.8) is 0 Å². The first-order valence-corrected chi connectivity index (χ1v) is 12.3. The van der Waals surface area contributed by atoms with Crippen molar-refractivity contribution in [2.24, 2.45) is 0 Å². The highest BCUT2D eigenvalue weighted by Crippen LogP contribution is 2.23. The standard InChI is InChI=1S/C22H23N5O3S2/c1-16-20(13-23)21(27(25-16)18-9-5-4-6-10-18)14-31-15-22(28)24-17-8-7-11-19(12-17)32(29,30)26(2)3/h4-12H,14-15H2,1-3H3,(H,24,28). The number of nitrogens with zero attached hydrogens (tertiary/aromatic N) is 4. The van der Waals surface area contributed by atoms with Crippen molar-refractivity contribution in [3.8, 4) is 11.8 Å². The molecule has 0 radical (unpaired) electrons. The van der Waals surface area contributed by atoms with Crippen LogP contribution < -0.4 is 5.32 Å². The number of aryl methyl sites for hydroxylation is 1. The Labute approximate surface area is 191 Å². The molecular formula is C22H23N5O3S2. The minimum absolute atomic E-state index is 0.105. The van der Waals surface area contributed by atoms with Crippen LogP contribution in [-0.2, 0) is 20.6 Å². The minimum atomic E-state index is -3.59. The first-order valence-electron chi connectivity index (χ1n) is 9.68. The fraction of sp³-hybridized carbons (Fsp3) is 0.227. The Morgan fingerprint density at radius 2 is 1.91 bits per heavy atom. The molecule has 1 amide bonds. The predicted molar refractivity (Wildman–Crippen MR) is 125 cm³/mol. The van der Waals surface area contributed by atoms with Crippen LogP contribution in [0.4, 0.5) is 5.69 Å². The Kier molecular flexibility index (Phi) is 7.35. The molecule has 0 saturated carbocycles. The van der Waals surface area contributed by atoms with Crippen LogP contribution in [0, 0.1) is 18.3 Å². The van der Waals surface area contributed by atoms with Crippen LogP contribution in [0.3, 0.4) is 0 Å². The van der Waals surface area contributed by atoms with Crippen molar-refractivity contribution in [2.45, 2.75) is 17.6 Å². The lowest BCUT2D eigenvalue weighted by atomic mass is 10.2. The van der Waals surface area contributed by atoms with E-state index >= 15 is 0 Å². The molecule has 1 N–H and O–H groups in total.